The fourth-order valence-corrected chi connectivity index (χ4v) is 5.30. The van der Waals surface area contributed by atoms with Gasteiger partial charge in [0.15, 0.2) is 0 Å². The number of piperidine rings is 2. The first kappa shape index (κ1) is 21.9. The summed E-state index contributed by atoms with van der Waals surface area (Å²) in [5, 5.41) is 0. The molecule has 3 saturated heterocycles. The van der Waals surface area contributed by atoms with E-state index in [1.54, 1.807) is 19.0 Å². The molecule has 1 aromatic carbocycles. The SMILES string of the molecule is CN(C)C(=O)N1CCC(C(=O)N2CCCC(N3CCN(c4ccccc4)CC3)C2)CC1. The zero-order chi connectivity index (χ0) is 21.8. The standard InChI is InChI=1S/C24H37N5O2/c1-25(2)24(31)28-13-10-20(11-14-28)23(30)29-12-6-9-22(19-29)27-17-15-26(16-18-27)21-7-4-3-5-8-21/h3-5,7-8,20,22H,6,9-19H2,1-2H3. The van der Waals surface area contributed by atoms with Crippen LogP contribution in [0.1, 0.15) is 25.7 Å². The Morgan fingerprint density at radius 1 is 0.839 bits per heavy atom. The van der Waals surface area contributed by atoms with Crippen LogP contribution in [0.5, 0.6) is 0 Å². The summed E-state index contributed by atoms with van der Waals surface area (Å²) >= 11 is 0. The first-order chi connectivity index (χ1) is 15.0. The van der Waals surface area contributed by atoms with Crippen LogP contribution in [0.25, 0.3) is 0 Å². The number of likely N-dealkylation sites (tertiary alicyclic amines) is 2. The van der Waals surface area contributed by atoms with E-state index >= 15 is 0 Å². The highest BCUT2D eigenvalue weighted by Gasteiger charge is 2.34. The summed E-state index contributed by atoms with van der Waals surface area (Å²) in [6.45, 7) is 7.34. The molecule has 1 unspecified atom stereocenters. The normalized spacial score (nSPS) is 23.7. The lowest BCUT2D eigenvalue weighted by molar-refractivity contribution is -0.139. The maximum atomic E-state index is 13.2. The number of para-hydroxylation sites is 1. The number of rotatable bonds is 3. The van der Waals surface area contributed by atoms with Gasteiger partial charge in [0, 0.05) is 84.1 Å². The number of hydrogen-bond donors (Lipinski definition) is 0. The Bertz CT molecular complexity index is 740. The smallest absolute Gasteiger partial charge is 0.319 e. The van der Waals surface area contributed by atoms with Crippen molar-refractivity contribution in [3.8, 4) is 0 Å². The van der Waals surface area contributed by atoms with Crippen molar-refractivity contribution in [3.05, 3.63) is 30.3 Å². The van der Waals surface area contributed by atoms with E-state index < -0.39 is 0 Å². The third kappa shape index (κ3) is 5.14. The van der Waals surface area contributed by atoms with Crippen molar-refractivity contribution in [2.75, 3.05) is 71.4 Å². The molecule has 31 heavy (non-hydrogen) atoms. The van der Waals surface area contributed by atoms with E-state index in [1.807, 2.05) is 4.90 Å². The molecule has 3 amide bonds. The van der Waals surface area contributed by atoms with Crippen LogP contribution in [0.3, 0.4) is 0 Å². The van der Waals surface area contributed by atoms with E-state index in [-0.39, 0.29) is 11.9 Å². The second-order valence-corrected chi connectivity index (χ2v) is 9.38. The average molecular weight is 428 g/mol. The lowest BCUT2D eigenvalue weighted by Gasteiger charge is -2.45. The maximum Gasteiger partial charge on any atom is 0.319 e. The van der Waals surface area contributed by atoms with Crippen molar-refractivity contribution < 1.29 is 9.59 Å². The molecule has 1 atom stereocenters. The zero-order valence-corrected chi connectivity index (χ0v) is 19.1. The van der Waals surface area contributed by atoms with Gasteiger partial charge in [-0.05, 0) is 37.8 Å². The summed E-state index contributed by atoms with van der Waals surface area (Å²) in [6, 6.07) is 11.2. The number of nitrogens with zero attached hydrogens (tertiary/aromatic N) is 5. The van der Waals surface area contributed by atoms with Gasteiger partial charge in [-0.25, -0.2) is 4.79 Å². The Morgan fingerprint density at radius 3 is 2.16 bits per heavy atom. The van der Waals surface area contributed by atoms with Crippen molar-refractivity contribution in [3.63, 3.8) is 0 Å². The number of urea groups is 1. The molecule has 4 rings (SSSR count). The van der Waals surface area contributed by atoms with Crippen LogP contribution in [-0.2, 0) is 4.79 Å². The van der Waals surface area contributed by atoms with Crippen LogP contribution >= 0.6 is 0 Å². The summed E-state index contributed by atoms with van der Waals surface area (Å²) in [6.07, 6.45) is 3.85. The third-order valence-corrected chi connectivity index (χ3v) is 7.16. The van der Waals surface area contributed by atoms with E-state index in [0.717, 1.165) is 58.5 Å². The number of carbonyl (C=O) groups excluding carboxylic acids is 2. The molecule has 7 heteroatoms. The Morgan fingerprint density at radius 2 is 1.52 bits per heavy atom. The zero-order valence-electron chi connectivity index (χ0n) is 19.1. The Labute approximate surface area is 186 Å². The second kappa shape index (κ2) is 9.90. The summed E-state index contributed by atoms with van der Waals surface area (Å²) in [5.41, 5.74) is 1.31. The molecule has 0 spiro atoms. The molecule has 1 aromatic rings. The van der Waals surface area contributed by atoms with Gasteiger partial charge >= 0.3 is 6.03 Å². The lowest BCUT2D eigenvalue weighted by Crippen LogP contribution is -2.57. The van der Waals surface area contributed by atoms with Crippen molar-refractivity contribution in [1.82, 2.24) is 19.6 Å². The molecule has 0 bridgehead atoms. The average Bonchev–Trinajstić information content (AvgIpc) is 2.84. The van der Waals surface area contributed by atoms with E-state index in [9.17, 15) is 9.59 Å². The molecule has 0 aromatic heterocycles. The van der Waals surface area contributed by atoms with Gasteiger partial charge in [-0.1, -0.05) is 18.2 Å². The van der Waals surface area contributed by atoms with E-state index in [2.05, 4.69) is 45.0 Å². The van der Waals surface area contributed by atoms with Crippen LogP contribution in [0.4, 0.5) is 10.5 Å². The predicted octanol–water partition coefficient (Wildman–Crippen LogP) is 2.19. The molecule has 0 aliphatic carbocycles. The fraction of sp³-hybridized carbons (Fsp3) is 0.667. The van der Waals surface area contributed by atoms with Gasteiger partial charge in [0.05, 0.1) is 0 Å². The number of piperazine rings is 1. The quantitative estimate of drug-likeness (QED) is 0.742. The Kier molecular flexibility index (Phi) is 7.00. The van der Waals surface area contributed by atoms with Crippen molar-refractivity contribution in [2.45, 2.75) is 31.7 Å². The molecule has 0 radical (unpaired) electrons. The summed E-state index contributed by atoms with van der Waals surface area (Å²) < 4.78 is 0. The highest BCUT2D eigenvalue weighted by Crippen LogP contribution is 2.25. The van der Waals surface area contributed by atoms with Crippen LogP contribution in [0.2, 0.25) is 0 Å². The predicted molar refractivity (Wildman–Crippen MR) is 123 cm³/mol. The molecule has 3 fully saturated rings. The van der Waals surface area contributed by atoms with Crippen LogP contribution < -0.4 is 4.90 Å². The number of amides is 3. The molecule has 170 valence electrons. The van der Waals surface area contributed by atoms with Crippen molar-refractivity contribution in [2.24, 2.45) is 5.92 Å². The first-order valence-corrected chi connectivity index (χ1v) is 11.8. The van der Waals surface area contributed by atoms with E-state index in [4.69, 9.17) is 0 Å². The van der Waals surface area contributed by atoms with Gasteiger partial charge in [-0.15, -0.1) is 0 Å². The highest BCUT2D eigenvalue weighted by molar-refractivity contribution is 5.80. The number of benzene rings is 1. The minimum absolute atomic E-state index is 0.0542. The van der Waals surface area contributed by atoms with Crippen molar-refractivity contribution in [1.29, 1.82) is 0 Å². The Balaban J connectivity index is 1.26. The van der Waals surface area contributed by atoms with E-state index in [0.29, 0.717) is 25.0 Å². The van der Waals surface area contributed by atoms with Crippen LogP contribution in [-0.4, -0.2) is 104 Å². The monoisotopic (exact) mass is 427 g/mol. The lowest BCUT2D eigenvalue weighted by atomic mass is 9.93. The molecule has 7 nitrogen and oxygen atoms in total. The highest BCUT2D eigenvalue weighted by atomic mass is 16.2. The molecular weight excluding hydrogens is 390 g/mol. The van der Waals surface area contributed by atoms with Gasteiger partial charge in [0.2, 0.25) is 5.91 Å². The topological polar surface area (TPSA) is 50.3 Å². The summed E-state index contributed by atoms with van der Waals surface area (Å²) in [7, 11) is 3.57. The summed E-state index contributed by atoms with van der Waals surface area (Å²) in [4.78, 5) is 36.0. The molecule has 3 aliphatic heterocycles. The van der Waals surface area contributed by atoms with Gasteiger partial charge in [-0.2, -0.15) is 0 Å². The fourth-order valence-electron chi connectivity index (χ4n) is 5.30. The van der Waals surface area contributed by atoms with Gasteiger partial charge in [-0.3, -0.25) is 9.69 Å². The van der Waals surface area contributed by atoms with Crippen molar-refractivity contribution >= 4 is 17.6 Å². The first-order valence-electron chi connectivity index (χ1n) is 11.8. The van der Waals surface area contributed by atoms with Gasteiger partial charge < -0.3 is 19.6 Å². The maximum absolute atomic E-state index is 13.2. The minimum atomic E-state index is 0.0542. The Hall–Kier alpha value is -2.28. The molecule has 0 N–H and O–H groups in total. The van der Waals surface area contributed by atoms with Gasteiger partial charge in [0.25, 0.3) is 0 Å². The van der Waals surface area contributed by atoms with E-state index in [1.165, 1.54) is 12.1 Å². The molecule has 3 aliphatic rings. The largest absolute Gasteiger partial charge is 0.369 e. The number of carbonyl (C=O) groups is 2. The molecule has 3 heterocycles. The third-order valence-electron chi connectivity index (χ3n) is 7.16. The molecular formula is C24H37N5O2. The number of hydrogen-bond acceptors (Lipinski definition) is 4. The number of anilines is 1. The minimum Gasteiger partial charge on any atom is -0.369 e. The summed E-state index contributed by atoms with van der Waals surface area (Å²) in [5.74, 6) is 0.379. The second-order valence-electron chi connectivity index (χ2n) is 9.38. The van der Waals surface area contributed by atoms with Crippen LogP contribution in [0, 0.1) is 5.92 Å². The molecule has 0 saturated carbocycles. The van der Waals surface area contributed by atoms with Crippen LogP contribution in [0.15, 0.2) is 30.3 Å². The van der Waals surface area contributed by atoms with Gasteiger partial charge in [0.1, 0.15) is 0 Å².